The second-order valence-corrected chi connectivity index (χ2v) is 7.15. The Hall–Kier alpha value is -3.61. The zero-order chi connectivity index (χ0) is 20.9. The van der Waals surface area contributed by atoms with Gasteiger partial charge in [-0.1, -0.05) is 30.3 Å². The molecule has 30 heavy (non-hydrogen) atoms. The minimum absolute atomic E-state index is 0.237. The average molecular weight is 403 g/mol. The highest BCUT2D eigenvalue weighted by Gasteiger charge is 2.34. The zero-order valence-electron chi connectivity index (χ0n) is 17.0. The van der Waals surface area contributed by atoms with Crippen LogP contribution in [0.15, 0.2) is 65.8 Å². The number of hydrogen-bond donors (Lipinski definition) is 2. The first-order chi connectivity index (χ1) is 14.7. The minimum Gasteiger partial charge on any atom is -0.356 e. The van der Waals surface area contributed by atoms with Crippen molar-refractivity contribution in [3.8, 4) is 0 Å². The van der Waals surface area contributed by atoms with Crippen LogP contribution in [0.2, 0.25) is 0 Å². The molecular formula is C23H25N5O2. The molecule has 0 radical (unpaired) electrons. The van der Waals surface area contributed by atoms with Gasteiger partial charge in [0.15, 0.2) is 5.96 Å². The van der Waals surface area contributed by atoms with Gasteiger partial charge in [0, 0.05) is 44.9 Å². The van der Waals surface area contributed by atoms with Crippen LogP contribution in [0, 0.1) is 0 Å². The quantitative estimate of drug-likeness (QED) is 0.275. The van der Waals surface area contributed by atoms with Crippen LogP contribution in [0.1, 0.15) is 27.1 Å². The Morgan fingerprint density at radius 2 is 1.53 bits per heavy atom. The largest absolute Gasteiger partial charge is 0.356 e. The molecule has 0 bridgehead atoms. The van der Waals surface area contributed by atoms with Crippen molar-refractivity contribution in [2.45, 2.75) is 13.0 Å². The van der Waals surface area contributed by atoms with E-state index in [0.29, 0.717) is 30.2 Å². The molecular weight excluding hydrogens is 378 g/mol. The molecule has 2 heterocycles. The summed E-state index contributed by atoms with van der Waals surface area (Å²) in [5.41, 5.74) is 2.19. The van der Waals surface area contributed by atoms with Gasteiger partial charge in [0.25, 0.3) is 11.8 Å². The van der Waals surface area contributed by atoms with Crippen molar-refractivity contribution in [3.05, 3.63) is 71.9 Å². The zero-order valence-corrected chi connectivity index (χ0v) is 17.0. The van der Waals surface area contributed by atoms with Crippen molar-refractivity contribution in [2.24, 2.45) is 4.99 Å². The fourth-order valence-corrected chi connectivity index (χ4v) is 3.74. The molecule has 154 valence electrons. The van der Waals surface area contributed by atoms with Gasteiger partial charge in [0.2, 0.25) is 0 Å². The highest BCUT2D eigenvalue weighted by molar-refractivity contribution is 6.21. The third kappa shape index (κ3) is 3.91. The van der Waals surface area contributed by atoms with Gasteiger partial charge in [-0.15, -0.1) is 0 Å². The van der Waals surface area contributed by atoms with Crippen molar-refractivity contribution in [2.75, 3.05) is 26.7 Å². The maximum atomic E-state index is 12.4. The number of aromatic nitrogens is 1. The summed E-state index contributed by atoms with van der Waals surface area (Å²) in [5.74, 6) is 0.183. The van der Waals surface area contributed by atoms with Gasteiger partial charge in [0.05, 0.1) is 11.1 Å². The second-order valence-electron chi connectivity index (χ2n) is 7.15. The van der Waals surface area contributed by atoms with Crippen molar-refractivity contribution in [1.82, 2.24) is 20.1 Å². The molecule has 0 aliphatic carbocycles. The molecule has 2 aromatic carbocycles. The summed E-state index contributed by atoms with van der Waals surface area (Å²) < 4.78 is 2.25. The molecule has 1 aliphatic heterocycles. The lowest BCUT2D eigenvalue weighted by Crippen LogP contribution is -2.43. The molecule has 3 aromatic rings. The number of carbonyl (C=O) groups excluding carboxylic acids is 2. The summed E-state index contributed by atoms with van der Waals surface area (Å²) in [6, 6.07) is 17.4. The van der Waals surface area contributed by atoms with Crippen molar-refractivity contribution >= 4 is 28.7 Å². The van der Waals surface area contributed by atoms with E-state index >= 15 is 0 Å². The molecule has 4 rings (SSSR count). The highest BCUT2D eigenvalue weighted by atomic mass is 16.2. The maximum absolute atomic E-state index is 12.4. The van der Waals surface area contributed by atoms with Gasteiger partial charge in [0.1, 0.15) is 0 Å². The number of amides is 2. The van der Waals surface area contributed by atoms with Crippen LogP contribution in [0.4, 0.5) is 0 Å². The summed E-state index contributed by atoms with van der Waals surface area (Å²) in [6.45, 7) is 2.40. The van der Waals surface area contributed by atoms with E-state index in [-0.39, 0.29) is 11.8 Å². The van der Waals surface area contributed by atoms with E-state index in [1.807, 2.05) is 6.07 Å². The number of aliphatic imine (C=N–C) groups is 1. The average Bonchev–Trinajstić information content (AvgIpc) is 3.30. The van der Waals surface area contributed by atoms with E-state index in [1.54, 1.807) is 31.3 Å². The van der Waals surface area contributed by atoms with Crippen LogP contribution in [-0.2, 0) is 6.54 Å². The van der Waals surface area contributed by atoms with Crippen molar-refractivity contribution < 1.29 is 9.59 Å². The molecule has 0 spiro atoms. The Bertz CT molecular complexity index is 1070. The maximum Gasteiger partial charge on any atom is 0.261 e. The third-order valence-corrected chi connectivity index (χ3v) is 5.28. The number of aryl methyl sites for hydroxylation is 1. The Balaban J connectivity index is 1.21. The summed E-state index contributed by atoms with van der Waals surface area (Å²) in [7, 11) is 1.71. The summed E-state index contributed by atoms with van der Waals surface area (Å²) in [6.07, 6.45) is 3.05. The number of nitrogens with one attached hydrogen (secondary N) is 2. The number of nitrogens with zero attached hydrogens (tertiary/aromatic N) is 3. The molecule has 1 aromatic heterocycles. The van der Waals surface area contributed by atoms with E-state index in [1.165, 1.54) is 15.8 Å². The number of carbonyl (C=O) groups is 2. The fraction of sp³-hybridized carbons (Fsp3) is 0.261. The van der Waals surface area contributed by atoms with Crippen LogP contribution in [0.5, 0.6) is 0 Å². The summed E-state index contributed by atoms with van der Waals surface area (Å²) in [4.78, 5) is 30.3. The smallest absolute Gasteiger partial charge is 0.261 e. The monoisotopic (exact) mass is 403 g/mol. The topological polar surface area (TPSA) is 78.7 Å². The minimum atomic E-state index is -0.237. The van der Waals surface area contributed by atoms with Gasteiger partial charge >= 0.3 is 0 Å². The summed E-state index contributed by atoms with van der Waals surface area (Å²) in [5, 5.41) is 7.70. The van der Waals surface area contributed by atoms with Gasteiger partial charge in [-0.25, -0.2) is 0 Å². The van der Waals surface area contributed by atoms with Gasteiger partial charge < -0.3 is 15.2 Å². The van der Waals surface area contributed by atoms with E-state index in [0.717, 1.165) is 19.5 Å². The molecule has 0 fully saturated rings. The molecule has 0 unspecified atom stereocenters. The van der Waals surface area contributed by atoms with Crippen LogP contribution >= 0.6 is 0 Å². The first-order valence-corrected chi connectivity index (χ1v) is 10.1. The van der Waals surface area contributed by atoms with Crippen LogP contribution in [-0.4, -0.2) is 53.9 Å². The van der Waals surface area contributed by atoms with E-state index in [2.05, 4.69) is 50.7 Å². The predicted molar refractivity (Wildman–Crippen MR) is 118 cm³/mol. The van der Waals surface area contributed by atoms with E-state index < -0.39 is 0 Å². The fourth-order valence-electron chi connectivity index (χ4n) is 3.74. The molecule has 0 atom stereocenters. The Morgan fingerprint density at radius 3 is 2.27 bits per heavy atom. The SMILES string of the molecule is CN=C(NCCCn1ccc2ccccc21)NCCN1C(=O)c2ccccc2C1=O. The third-order valence-electron chi connectivity index (χ3n) is 5.28. The lowest BCUT2D eigenvalue weighted by Gasteiger charge is -2.16. The molecule has 1 aliphatic rings. The molecule has 0 saturated heterocycles. The van der Waals surface area contributed by atoms with Crippen LogP contribution < -0.4 is 10.6 Å². The Morgan fingerprint density at radius 1 is 0.867 bits per heavy atom. The molecule has 0 saturated carbocycles. The first kappa shape index (κ1) is 19.7. The standard InChI is InChI=1S/C23H25N5O2/c1-24-23(25-12-6-14-27-15-11-17-7-2-5-10-20(17)27)26-13-16-28-21(29)18-8-3-4-9-19(18)22(28)30/h2-5,7-11,15H,6,12-14,16H2,1H3,(H2,24,25,26). The van der Waals surface area contributed by atoms with E-state index in [9.17, 15) is 9.59 Å². The van der Waals surface area contributed by atoms with Crippen molar-refractivity contribution in [3.63, 3.8) is 0 Å². The van der Waals surface area contributed by atoms with Gasteiger partial charge in [-0.3, -0.25) is 19.5 Å². The van der Waals surface area contributed by atoms with Crippen LogP contribution in [0.25, 0.3) is 10.9 Å². The number of imide groups is 1. The van der Waals surface area contributed by atoms with E-state index in [4.69, 9.17) is 0 Å². The summed E-state index contributed by atoms with van der Waals surface area (Å²) >= 11 is 0. The molecule has 2 N–H and O–H groups in total. The first-order valence-electron chi connectivity index (χ1n) is 10.1. The van der Waals surface area contributed by atoms with Gasteiger partial charge in [-0.2, -0.15) is 0 Å². The number of guanidine groups is 1. The normalized spacial score (nSPS) is 13.8. The molecule has 2 amide bonds. The molecule has 7 nitrogen and oxygen atoms in total. The number of rotatable bonds is 7. The number of para-hydroxylation sites is 1. The molecule has 7 heteroatoms. The number of hydrogen-bond acceptors (Lipinski definition) is 3. The van der Waals surface area contributed by atoms with Gasteiger partial charge in [-0.05, 0) is 36.1 Å². The number of benzene rings is 2. The van der Waals surface area contributed by atoms with Crippen molar-refractivity contribution in [1.29, 1.82) is 0 Å². The Labute approximate surface area is 175 Å². The lowest BCUT2D eigenvalue weighted by molar-refractivity contribution is 0.0657. The highest BCUT2D eigenvalue weighted by Crippen LogP contribution is 2.21. The lowest BCUT2D eigenvalue weighted by atomic mass is 10.1. The second kappa shape index (κ2) is 8.82. The number of fused-ring (bicyclic) bond motifs is 2. The van der Waals surface area contributed by atoms with Crippen LogP contribution in [0.3, 0.4) is 0 Å². The predicted octanol–water partition coefficient (Wildman–Crippen LogP) is 2.49. The Kier molecular flexibility index (Phi) is 5.79.